The van der Waals surface area contributed by atoms with Crippen molar-refractivity contribution in [1.29, 1.82) is 5.41 Å². The summed E-state index contributed by atoms with van der Waals surface area (Å²) in [7, 11) is 2.12. The van der Waals surface area contributed by atoms with E-state index in [1.807, 2.05) is 36.4 Å². The van der Waals surface area contributed by atoms with Gasteiger partial charge >= 0.3 is 11.9 Å². The van der Waals surface area contributed by atoms with E-state index in [0.29, 0.717) is 47.7 Å². The van der Waals surface area contributed by atoms with Crippen LogP contribution in [0.5, 0.6) is 0 Å². The second kappa shape index (κ2) is 39.9. The maximum atomic E-state index is 15.1. The van der Waals surface area contributed by atoms with Gasteiger partial charge in [0.1, 0.15) is 60.4 Å². The summed E-state index contributed by atoms with van der Waals surface area (Å²) in [6.45, 7) is -0.418. The van der Waals surface area contributed by atoms with Gasteiger partial charge in [-0.3, -0.25) is 72.5 Å². The normalized spacial score (nSPS) is 21.9. The largest absolute Gasteiger partial charge is 0.481 e. The molecule has 0 bridgehead atoms. The number of hydrogen-bond acceptors (Lipinski definition) is 19. The van der Waals surface area contributed by atoms with Gasteiger partial charge in [-0.15, -0.1) is 0 Å². The van der Waals surface area contributed by atoms with E-state index < -0.39 is 169 Å². The Hall–Kier alpha value is -10.8. The molecule has 3 fully saturated rings. The number of carboxylic acid groups (broad SMARTS) is 2. The topological polar surface area (TPSA) is 553 Å². The van der Waals surface area contributed by atoms with Crippen LogP contribution in [0.1, 0.15) is 100 Å². The number of nitrogens with zero attached hydrogens (tertiary/aromatic N) is 3. The van der Waals surface area contributed by atoms with Crippen LogP contribution in [0.3, 0.4) is 0 Å². The number of nitrogens with one attached hydrogen (secondary N) is 13. The Morgan fingerprint density at radius 3 is 1.98 bits per heavy atom. The first-order chi connectivity index (χ1) is 50.8. The minimum atomic E-state index is -1.61. The highest BCUT2D eigenvalue weighted by molar-refractivity contribution is 8.76. The fourth-order valence-corrected chi connectivity index (χ4v) is 14.9. The lowest BCUT2D eigenvalue weighted by atomic mass is 9.99. The van der Waals surface area contributed by atoms with Crippen LogP contribution in [0, 0.1) is 5.41 Å². The molecule has 0 aliphatic carbocycles. The summed E-state index contributed by atoms with van der Waals surface area (Å²) < 4.78 is 0. The zero-order chi connectivity index (χ0) is 76.4. The summed E-state index contributed by atoms with van der Waals surface area (Å²) in [6, 6.07) is 5.69. The molecule has 8 rings (SSSR count). The first-order valence-electron chi connectivity index (χ1n) is 34.9. The molecule has 5 heterocycles. The van der Waals surface area contributed by atoms with Crippen LogP contribution in [0.4, 0.5) is 0 Å². The number of carbonyl (C=O) groups excluding carboxylic acids is 12. The van der Waals surface area contributed by atoms with E-state index in [-0.39, 0.29) is 107 Å². The fourth-order valence-electron chi connectivity index (χ4n) is 12.8. The molecule has 35 nitrogen and oxygen atoms in total. The van der Waals surface area contributed by atoms with Gasteiger partial charge in [0.15, 0.2) is 5.96 Å². The number of carboxylic acids is 2. The molecule has 10 atom stereocenters. The number of aromatic nitrogens is 3. The number of hydrogen-bond donors (Lipinski definition) is 18. The lowest BCUT2D eigenvalue weighted by Gasteiger charge is -2.33. The van der Waals surface area contributed by atoms with Crippen molar-refractivity contribution in [3.05, 3.63) is 102 Å². The summed E-state index contributed by atoms with van der Waals surface area (Å²) in [5.74, 6) is -13.6. The van der Waals surface area contributed by atoms with Crippen LogP contribution in [0.25, 0.3) is 21.7 Å². The number of para-hydroxylation sites is 1. The Kier molecular flexibility index (Phi) is 30.4. The molecule has 10 unspecified atom stereocenters. The standard InChI is InChI=1S/C69H91N19O16S2/c70-23-6-5-14-45(61(97)83-48(59(71)95)32-58(93)94)82-66(102)53-16-8-25-87(53)68(104)54-17-9-26-88(54)67(103)52-36-106-105-27-22-55(89)79-47(20-21-57(91)92)63(99)86-51(31-42-34-74-37-78-42)65(101)84-49(29-38-18-19-39-10-1-2-11-40(39)28-38)64(100)81-46(15-7-24-75-69(72)73)62(98)85-50(60(96)77-35-56(90)80-52)30-41-33-76-44-13-4-3-12-43(41)44/h1-4,10-13,18-19,28,33-34,37,45-54,76H,5-9,14-17,20-27,29-32,35-36,70H2,(H2,71,95)(H,74,78)(H,77,96)(H,79,89)(H,80,90)(H,81,100)(H,82,102)(H,83,97)(H,84,101)(H,85,98)(H,86,99)(H,91,92)(H,93,94)(H4,72,73,75). The Labute approximate surface area is 616 Å². The molecular formula is C69H91N19O16S2. The zero-order valence-corrected chi connectivity index (χ0v) is 59.8. The third-order valence-corrected chi connectivity index (χ3v) is 20.6. The number of guanidine groups is 1. The highest BCUT2D eigenvalue weighted by atomic mass is 33.1. The molecule has 5 aromatic rings. The van der Waals surface area contributed by atoms with Gasteiger partial charge in [-0.2, -0.15) is 0 Å². The summed E-state index contributed by atoms with van der Waals surface area (Å²) in [5, 5.41) is 55.7. The van der Waals surface area contributed by atoms with E-state index in [2.05, 4.69) is 68.1 Å². The van der Waals surface area contributed by atoms with E-state index in [4.69, 9.17) is 22.6 Å². The van der Waals surface area contributed by atoms with Gasteiger partial charge in [0.25, 0.3) is 0 Å². The number of primary amides is 1. The molecule has 3 aliphatic rings. The molecule has 3 aliphatic heterocycles. The molecule has 3 saturated heterocycles. The minimum absolute atomic E-state index is 0.00602. The van der Waals surface area contributed by atoms with Crippen molar-refractivity contribution in [3.63, 3.8) is 0 Å². The smallest absolute Gasteiger partial charge is 0.305 e. The van der Waals surface area contributed by atoms with Crippen LogP contribution in [0.2, 0.25) is 0 Å². The third kappa shape index (κ3) is 23.9. The molecule has 106 heavy (non-hydrogen) atoms. The summed E-state index contributed by atoms with van der Waals surface area (Å²) >= 11 is 0. The van der Waals surface area contributed by atoms with Crippen molar-refractivity contribution >= 4 is 132 Å². The Morgan fingerprint density at radius 1 is 0.651 bits per heavy atom. The zero-order valence-electron chi connectivity index (χ0n) is 58.1. The molecule has 2 aromatic heterocycles. The maximum Gasteiger partial charge on any atom is 0.305 e. The van der Waals surface area contributed by atoms with Crippen LogP contribution >= 0.6 is 21.6 Å². The average molecular weight is 1510 g/mol. The molecular weight excluding hydrogens is 1420 g/mol. The van der Waals surface area contributed by atoms with Gasteiger partial charge < -0.3 is 100 Å². The summed E-state index contributed by atoms with van der Waals surface area (Å²) in [6.07, 6.45) is 3.27. The van der Waals surface area contributed by atoms with Crippen molar-refractivity contribution in [2.24, 2.45) is 17.2 Å². The van der Waals surface area contributed by atoms with Crippen LogP contribution in [-0.2, 0) is 86.4 Å². The third-order valence-electron chi connectivity index (χ3n) is 18.2. The fraction of sp³-hybridized carbons (Fsp3) is 0.478. The summed E-state index contributed by atoms with van der Waals surface area (Å²) in [5.41, 5.74) is 18.8. The molecule has 0 spiro atoms. The molecule has 3 aromatic carbocycles. The van der Waals surface area contributed by atoms with Crippen molar-refractivity contribution in [2.75, 3.05) is 44.2 Å². The first kappa shape index (κ1) is 80.9. The molecule has 21 N–H and O–H groups in total. The predicted octanol–water partition coefficient (Wildman–Crippen LogP) is -1.95. The number of amides is 12. The number of unbranched alkanes of at least 4 members (excludes halogenated alkanes) is 1. The quantitative estimate of drug-likeness (QED) is 0.0124. The van der Waals surface area contributed by atoms with E-state index in [1.54, 1.807) is 36.5 Å². The van der Waals surface area contributed by atoms with Gasteiger partial charge in [-0.25, -0.2) is 4.98 Å². The molecule has 570 valence electrons. The summed E-state index contributed by atoms with van der Waals surface area (Å²) in [4.78, 5) is 209. The van der Waals surface area contributed by atoms with Gasteiger partial charge in [-0.1, -0.05) is 82.3 Å². The molecule has 0 saturated carbocycles. The van der Waals surface area contributed by atoms with Crippen molar-refractivity contribution in [2.45, 2.75) is 163 Å². The van der Waals surface area contributed by atoms with Crippen molar-refractivity contribution in [3.8, 4) is 0 Å². The Balaban J connectivity index is 1.09. The van der Waals surface area contributed by atoms with E-state index in [0.717, 1.165) is 32.4 Å². The number of fused-ring (bicyclic) bond motifs is 2. The predicted molar refractivity (Wildman–Crippen MR) is 390 cm³/mol. The Morgan fingerprint density at radius 2 is 1.30 bits per heavy atom. The number of imidazole rings is 1. The highest BCUT2D eigenvalue weighted by Crippen LogP contribution is 2.29. The van der Waals surface area contributed by atoms with Gasteiger partial charge in [-0.05, 0) is 98.7 Å². The average Bonchev–Trinajstić information content (AvgIpc) is 1.62. The van der Waals surface area contributed by atoms with Crippen LogP contribution in [0.15, 0.2) is 85.5 Å². The Bertz CT molecular complexity index is 4010. The van der Waals surface area contributed by atoms with E-state index in [9.17, 15) is 63.0 Å². The lowest BCUT2D eigenvalue weighted by Crippen LogP contribution is -2.60. The van der Waals surface area contributed by atoms with E-state index >= 15 is 14.4 Å². The SMILES string of the molecule is N=C(N)NCCCC1NC(=O)C(Cc2ccc3ccccc3c2)NC(=O)C(Cc2c[nH]cn2)NC(=O)C(CCC(=O)O)NC(=O)CCSSCC(C(=O)N2CCCC2C(=O)N2CCCC2C(=O)NC(CCCCN)C(=O)NC(CC(=O)O)C(N)=O)NC(=O)CNC(=O)C(Cc2c[nH]c3ccccc23)NC1=O. The van der Waals surface area contributed by atoms with Crippen LogP contribution < -0.4 is 70.4 Å². The van der Waals surface area contributed by atoms with Gasteiger partial charge in [0.2, 0.25) is 70.9 Å². The van der Waals surface area contributed by atoms with Crippen LogP contribution in [-0.4, -0.2) is 228 Å². The minimum Gasteiger partial charge on any atom is -0.481 e. The number of carbonyl (C=O) groups is 14. The maximum absolute atomic E-state index is 15.1. The highest BCUT2D eigenvalue weighted by Gasteiger charge is 2.45. The van der Waals surface area contributed by atoms with Crippen molar-refractivity contribution < 1.29 is 77.3 Å². The van der Waals surface area contributed by atoms with Crippen molar-refractivity contribution in [1.82, 2.24) is 77.9 Å². The first-order valence-corrected chi connectivity index (χ1v) is 37.4. The number of aromatic amines is 2. The molecule has 0 radical (unpaired) electrons. The van der Waals surface area contributed by atoms with Gasteiger partial charge in [0.05, 0.1) is 25.0 Å². The number of aliphatic carboxylic acids is 2. The lowest BCUT2D eigenvalue weighted by molar-refractivity contribution is -0.148. The number of benzene rings is 3. The number of likely N-dealkylation sites (tertiary alicyclic amines) is 2. The number of nitrogens with two attached hydrogens (primary N) is 3. The van der Waals surface area contributed by atoms with E-state index in [1.165, 1.54) is 22.3 Å². The molecule has 37 heteroatoms. The number of rotatable bonds is 26. The second-order valence-corrected chi connectivity index (χ2v) is 28.6. The number of H-pyrrole nitrogens is 2. The monoisotopic (exact) mass is 1510 g/mol. The second-order valence-electron chi connectivity index (χ2n) is 26.0. The van der Waals surface area contributed by atoms with Gasteiger partial charge in [0, 0.05) is 86.5 Å². The molecule has 12 amide bonds.